The fourth-order valence-corrected chi connectivity index (χ4v) is 3.50. The third-order valence-corrected chi connectivity index (χ3v) is 4.79. The van der Waals surface area contributed by atoms with Gasteiger partial charge in [0.15, 0.2) is 17.3 Å². The average molecular weight is 346 g/mol. The first-order chi connectivity index (χ1) is 12.2. The molecular formula is C19H26N2O4. The van der Waals surface area contributed by atoms with Crippen molar-refractivity contribution in [2.75, 3.05) is 27.9 Å². The van der Waals surface area contributed by atoms with E-state index in [9.17, 15) is 0 Å². The summed E-state index contributed by atoms with van der Waals surface area (Å²) in [5.41, 5.74) is 2.08. The lowest BCUT2D eigenvalue weighted by Crippen LogP contribution is -2.23. The fraction of sp³-hybridized carbons (Fsp3) is 0.526. The molecule has 6 heteroatoms. The maximum absolute atomic E-state index is 5.62. The minimum absolute atomic E-state index is 0.255. The molecule has 0 saturated carbocycles. The van der Waals surface area contributed by atoms with Crippen LogP contribution < -0.4 is 14.2 Å². The van der Waals surface area contributed by atoms with Gasteiger partial charge in [-0.2, -0.15) is 0 Å². The van der Waals surface area contributed by atoms with Gasteiger partial charge in [0.25, 0.3) is 0 Å². The number of aromatic nitrogens is 1. The number of ether oxygens (including phenoxy) is 3. The second kappa shape index (κ2) is 7.78. The summed E-state index contributed by atoms with van der Waals surface area (Å²) in [5.74, 6) is 2.98. The summed E-state index contributed by atoms with van der Waals surface area (Å²) in [4.78, 5) is 2.41. The van der Waals surface area contributed by atoms with Crippen LogP contribution in [0.5, 0.6) is 17.2 Å². The van der Waals surface area contributed by atoms with Crippen molar-refractivity contribution >= 4 is 0 Å². The minimum Gasteiger partial charge on any atom is -0.493 e. The van der Waals surface area contributed by atoms with Gasteiger partial charge in [0.2, 0.25) is 5.75 Å². The zero-order chi connectivity index (χ0) is 17.8. The molecule has 6 nitrogen and oxygen atoms in total. The first kappa shape index (κ1) is 17.6. The average Bonchev–Trinajstić information content (AvgIpc) is 3.29. The SMILES string of the molecule is CCc1cc(C2CCCN2Cc2ccc(OC)c(OC)c2OC)on1. The maximum atomic E-state index is 5.62. The molecule has 2 heterocycles. The number of hydrogen-bond donors (Lipinski definition) is 0. The highest BCUT2D eigenvalue weighted by Crippen LogP contribution is 2.42. The first-order valence-corrected chi connectivity index (χ1v) is 8.69. The number of methoxy groups -OCH3 is 3. The molecule has 0 amide bonds. The standard InChI is InChI=1S/C19H26N2O4/c1-5-14-11-17(25-20-14)15-7-6-10-21(15)12-13-8-9-16(22-2)19(24-4)18(13)23-3/h8-9,11,15H,5-7,10,12H2,1-4H3. The molecule has 0 N–H and O–H groups in total. The lowest BCUT2D eigenvalue weighted by Gasteiger charge is -2.24. The topological polar surface area (TPSA) is 57.0 Å². The summed E-state index contributed by atoms with van der Waals surface area (Å²) in [5, 5.41) is 4.14. The van der Waals surface area contributed by atoms with E-state index in [-0.39, 0.29) is 6.04 Å². The summed E-state index contributed by atoms with van der Waals surface area (Å²) in [7, 11) is 4.92. The number of nitrogens with zero attached hydrogens (tertiary/aromatic N) is 2. The van der Waals surface area contributed by atoms with Crippen molar-refractivity contribution in [1.82, 2.24) is 10.1 Å². The van der Waals surface area contributed by atoms with Crippen LogP contribution >= 0.6 is 0 Å². The molecule has 1 aliphatic heterocycles. The summed E-state index contributed by atoms with van der Waals surface area (Å²) < 4.78 is 22.1. The van der Waals surface area contributed by atoms with Gasteiger partial charge in [0.1, 0.15) is 0 Å². The highest BCUT2D eigenvalue weighted by Gasteiger charge is 2.30. The molecule has 3 rings (SSSR count). The number of likely N-dealkylation sites (tertiary alicyclic amines) is 1. The van der Waals surface area contributed by atoms with Gasteiger partial charge in [-0.3, -0.25) is 4.90 Å². The molecule has 2 aromatic rings. The zero-order valence-electron chi connectivity index (χ0n) is 15.4. The van der Waals surface area contributed by atoms with E-state index in [1.54, 1.807) is 21.3 Å². The quantitative estimate of drug-likeness (QED) is 0.763. The molecule has 1 saturated heterocycles. The largest absolute Gasteiger partial charge is 0.493 e. The van der Waals surface area contributed by atoms with Crippen molar-refractivity contribution in [3.05, 3.63) is 35.2 Å². The Balaban J connectivity index is 1.85. The van der Waals surface area contributed by atoms with Crippen LogP contribution in [0.1, 0.15) is 42.8 Å². The van der Waals surface area contributed by atoms with E-state index in [0.29, 0.717) is 11.5 Å². The van der Waals surface area contributed by atoms with Gasteiger partial charge < -0.3 is 18.7 Å². The van der Waals surface area contributed by atoms with Gasteiger partial charge in [-0.15, -0.1) is 0 Å². The van der Waals surface area contributed by atoms with E-state index in [0.717, 1.165) is 55.1 Å². The van der Waals surface area contributed by atoms with Crippen molar-refractivity contribution in [3.63, 3.8) is 0 Å². The maximum Gasteiger partial charge on any atom is 0.203 e. The van der Waals surface area contributed by atoms with Crippen LogP contribution in [0.15, 0.2) is 22.7 Å². The zero-order valence-corrected chi connectivity index (χ0v) is 15.4. The van der Waals surface area contributed by atoms with E-state index in [1.807, 2.05) is 12.1 Å². The summed E-state index contributed by atoms with van der Waals surface area (Å²) >= 11 is 0. The van der Waals surface area contributed by atoms with Crippen LogP contribution in [-0.2, 0) is 13.0 Å². The minimum atomic E-state index is 0.255. The smallest absolute Gasteiger partial charge is 0.203 e. The molecule has 0 aliphatic carbocycles. The summed E-state index contributed by atoms with van der Waals surface area (Å²) in [6.07, 6.45) is 3.11. The molecule has 0 spiro atoms. The Bertz CT molecular complexity index is 713. The second-order valence-corrected chi connectivity index (χ2v) is 6.20. The molecule has 136 valence electrons. The van der Waals surface area contributed by atoms with Gasteiger partial charge in [-0.1, -0.05) is 18.1 Å². The van der Waals surface area contributed by atoms with Crippen LogP contribution in [0.3, 0.4) is 0 Å². The lowest BCUT2D eigenvalue weighted by atomic mass is 10.1. The van der Waals surface area contributed by atoms with Crippen LogP contribution in [0.4, 0.5) is 0 Å². The van der Waals surface area contributed by atoms with Gasteiger partial charge in [-0.05, 0) is 31.9 Å². The molecular weight excluding hydrogens is 320 g/mol. The normalized spacial score (nSPS) is 17.7. The predicted octanol–water partition coefficient (Wildman–Crippen LogP) is 3.60. The van der Waals surface area contributed by atoms with E-state index < -0.39 is 0 Å². The highest BCUT2D eigenvalue weighted by atomic mass is 16.5. The number of aryl methyl sites for hydroxylation is 1. The Labute approximate surface area is 148 Å². The van der Waals surface area contributed by atoms with Crippen LogP contribution in [0.25, 0.3) is 0 Å². The van der Waals surface area contributed by atoms with Crippen LogP contribution in [-0.4, -0.2) is 37.9 Å². The molecule has 1 aromatic heterocycles. The van der Waals surface area contributed by atoms with Gasteiger partial charge in [0.05, 0.1) is 33.1 Å². The molecule has 1 unspecified atom stereocenters. The van der Waals surface area contributed by atoms with Crippen molar-refractivity contribution in [2.45, 2.75) is 38.8 Å². The van der Waals surface area contributed by atoms with Crippen molar-refractivity contribution in [3.8, 4) is 17.2 Å². The van der Waals surface area contributed by atoms with Crippen LogP contribution in [0, 0.1) is 0 Å². The first-order valence-electron chi connectivity index (χ1n) is 8.69. The van der Waals surface area contributed by atoms with Gasteiger partial charge >= 0.3 is 0 Å². The van der Waals surface area contributed by atoms with Crippen molar-refractivity contribution < 1.29 is 18.7 Å². The Morgan fingerprint density at radius 1 is 1.16 bits per heavy atom. The molecule has 25 heavy (non-hydrogen) atoms. The molecule has 1 atom stereocenters. The van der Waals surface area contributed by atoms with Crippen LogP contribution in [0.2, 0.25) is 0 Å². The van der Waals surface area contributed by atoms with E-state index in [4.69, 9.17) is 18.7 Å². The van der Waals surface area contributed by atoms with Gasteiger partial charge in [-0.25, -0.2) is 0 Å². The number of hydrogen-bond acceptors (Lipinski definition) is 6. The van der Waals surface area contributed by atoms with E-state index in [1.165, 1.54) is 0 Å². The van der Waals surface area contributed by atoms with E-state index >= 15 is 0 Å². The lowest BCUT2D eigenvalue weighted by molar-refractivity contribution is 0.203. The van der Waals surface area contributed by atoms with Crippen molar-refractivity contribution in [2.24, 2.45) is 0 Å². The number of rotatable bonds is 7. The number of benzene rings is 1. The monoisotopic (exact) mass is 346 g/mol. The molecule has 0 bridgehead atoms. The Hall–Kier alpha value is -2.21. The summed E-state index contributed by atoms with van der Waals surface area (Å²) in [6.45, 7) is 3.86. The Kier molecular flexibility index (Phi) is 5.48. The van der Waals surface area contributed by atoms with E-state index in [2.05, 4.69) is 23.0 Å². The third kappa shape index (κ3) is 3.44. The third-order valence-electron chi connectivity index (χ3n) is 4.79. The van der Waals surface area contributed by atoms with Crippen molar-refractivity contribution in [1.29, 1.82) is 0 Å². The predicted molar refractivity (Wildman–Crippen MR) is 94.4 cm³/mol. The van der Waals surface area contributed by atoms with Gasteiger partial charge in [0, 0.05) is 18.2 Å². The summed E-state index contributed by atoms with van der Waals surface area (Å²) in [6, 6.07) is 6.29. The molecule has 0 radical (unpaired) electrons. The second-order valence-electron chi connectivity index (χ2n) is 6.20. The molecule has 1 aliphatic rings. The Morgan fingerprint density at radius 3 is 2.60 bits per heavy atom. The molecule has 1 fully saturated rings. The Morgan fingerprint density at radius 2 is 1.96 bits per heavy atom. The highest BCUT2D eigenvalue weighted by molar-refractivity contribution is 5.55. The fourth-order valence-electron chi connectivity index (χ4n) is 3.50. The molecule has 1 aromatic carbocycles.